The van der Waals surface area contributed by atoms with Gasteiger partial charge in [-0.1, -0.05) is 29.3 Å². The molecule has 0 spiro atoms. The summed E-state index contributed by atoms with van der Waals surface area (Å²) in [7, 11) is -1.35. The third kappa shape index (κ3) is 3.08. The van der Waals surface area contributed by atoms with Crippen molar-refractivity contribution in [1.29, 1.82) is 0 Å². The molecule has 1 aromatic carbocycles. The fraction of sp³-hybridized carbons (Fsp3) is 0.0769. The third-order valence-electron chi connectivity index (χ3n) is 2.21. The molecular formula is C13H11ClO2S. The van der Waals surface area contributed by atoms with Crippen molar-refractivity contribution in [3.8, 4) is 0 Å². The molecule has 0 bridgehead atoms. The molecule has 1 aromatic heterocycles. The van der Waals surface area contributed by atoms with Gasteiger partial charge in [-0.2, -0.15) is 0 Å². The van der Waals surface area contributed by atoms with Crippen LogP contribution in [-0.4, -0.2) is 4.21 Å². The Morgan fingerprint density at radius 1 is 1.29 bits per heavy atom. The molecule has 0 amide bonds. The van der Waals surface area contributed by atoms with Crippen molar-refractivity contribution >= 4 is 28.5 Å². The van der Waals surface area contributed by atoms with E-state index in [9.17, 15) is 4.21 Å². The molecule has 17 heavy (non-hydrogen) atoms. The van der Waals surface area contributed by atoms with Crippen LogP contribution in [0.2, 0.25) is 0 Å². The van der Waals surface area contributed by atoms with Gasteiger partial charge in [-0.3, -0.25) is 0 Å². The van der Waals surface area contributed by atoms with Gasteiger partial charge >= 0.3 is 0 Å². The van der Waals surface area contributed by atoms with E-state index in [1.54, 1.807) is 24.5 Å². The highest BCUT2D eigenvalue weighted by Crippen LogP contribution is 2.21. The summed E-state index contributed by atoms with van der Waals surface area (Å²) in [6, 6.07) is 10.9. The Morgan fingerprint density at radius 2 is 2.00 bits per heavy atom. The van der Waals surface area contributed by atoms with E-state index in [1.165, 1.54) is 0 Å². The summed E-state index contributed by atoms with van der Waals surface area (Å²) in [6.07, 6.45) is 3.11. The van der Waals surface area contributed by atoms with Crippen molar-refractivity contribution in [3.05, 3.63) is 58.3 Å². The SMILES string of the molecule is Cc1ccc(S(=O)/C(Cl)=C\c2ccco2)cc1. The molecule has 4 heteroatoms. The van der Waals surface area contributed by atoms with Crippen LogP contribution in [0.3, 0.4) is 0 Å². The van der Waals surface area contributed by atoms with Crippen LogP contribution < -0.4 is 0 Å². The van der Waals surface area contributed by atoms with Gasteiger partial charge in [0, 0.05) is 11.0 Å². The standard InChI is InChI=1S/C13H11ClO2S/c1-10-4-6-12(7-5-10)17(15)13(14)9-11-3-2-8-16-11/h2-9H,1H3/b13-9-. The third-order valence-corrected chi connectivity index (χ3v) is 3.91. The maximum atomic E-state index is 12.1. The highest BCUT2D eigenvalue weighted by atomic mass is 35.5. The van der Waals surface area contributed by atoms with Crippen LogP contribution >= 0.6 is 11.6 Å². The number of furan rings is 1. The number of benzene rings is 1. The van der Waals surface area contributed by atoms with Gasteiger partial charge in [-0.15, -0.1) is 0 Å². The topological polar surface area (TPSA) is 30.2 Å². The first-order valence-electron chi connectivity index (χ1n) is 5.06. The zero-order valence-corrected chi connectivity index (χ0v) is 10.8. The van der Waals surface area contributed by atoms with E-state index in [0.717, 1.165) is 5.56 Å². The van der Waals surface area contributed by atoms with Crippen LogP contribution in [0.5, 0.6) is 0 Å². The lowest BCUT2D eigenvalue weighted by Gasteiger charge is -2.00. The number of hydrogen-bond donors (Lipinski definition) is 0. The second kappa shape index (κ2) is 5.34. The minimum absolute atomic E-state index is 0.254. The first kappa shape index (κ1) is 12.1. The van der Waals surface area contributed by atoms with Crippen molar-refractivity contribution < 1.29 is 8.63 Å². The van der Waals surface area contributed by atoms with Gasteiger partial charge in [0.1, 0.15) is 10.1 Å². The van der Waals surface area contributed by atoms with Gasteiger partial charge in [0.25, 0.3) is 0 Å². The molecule has 1 atom stereocenters. The lowest BCUT2D eigenvalue weighted by molar-refractivity contribution is 0.557. The molecule has 1 heterocycles. The molecule has 2 aromatic rings. The molecule has 0 N–H and O–H groups in total. The van der Waals surface area contributed by atoms with E-state index in [-0.39, 0.29) is 4.36 Å². The van der Waals surface area contributed by atoms with Gasteiger partial charge in [0.05, 0.1) is 17.1 Å². The maximum Gasteiger partial charge on any atom is 0.128 e. The zero-order chi connectivity index (χ0) is 12.3. The van der Waals surface area contributed by atoms with E-state index < -0.39 is 10.8 Å². The lowest BCUT2D eigenvalue weighted by Crippen LogP contribution is -1.90. The molecule has 0 saturated heterocycles. The average molecular weight is 267 g/mol. The van der Waals surface area contributed by atoms with Crippen molar-refractivity contribution in [2.75, 3.05) is 0 Å². The van der Waals surface area contributed by atoms with Crippen LogP contribution in [0.4, 0.5) is 0 Å². The van der Waals surface area contributed by atoms with Crippen LogP contribution in [0.1, 0.15) is 11.3 Å². The first-order valence-corrected chi connectivity index (χ1v) is 6.59. The molecule has 0 saturated carbocycles. The van der Waals surface area contributed by atoms with Crippen molar-refractivity contribution in [1.82, 2.24) is 0 Å². The van der Waals surface area contributed by atoms with E-state index in [2.05, 4.69) is 0 Å². The molecule has 0 fully saturated rings. The summed E-state index contributed by atoms with van der Waals surface area (Å²) in [5, 5.41) is 0. The Balaban J connectivity index is 2.23. The monoisotopic (exact) mass is 266 g/mol. The summed E-state index contributed by atoms with van der Waals surface area (Å²) < 4.78 is 17.4. The predicted molar refractivity (Wildman–Crippen MR) is 70.1 cm³/mol. The Hall–Kier alpha value is -1.32. The van der Waals surface area contributed by atoms with E-state index in [1.807, 2.05) is 31.2 Å². The number of hydrogen-bond acceptors (Lipinski definition) is 2. The smallest absolute Gasteiger partial charge is 0.128 e. The van der Waals surface area contributed by atoms with Crippen molar-refractivity contribution in [2.45, 2.75) is 11.8 Å². The molecule has 0 aliphatic rings. The van der Waals surface area contributed by atoms with Crippen LogP contribution in [0.15, 0.2) is 56.3 Å². The maximum absolute atomic E-state index is 12.1. The van der Waals surface area contributed by atoms with Crippen LogP contribution in [-0.2, 0) is 10.8 Å². The second-order valence-corrected chi connectivity index (χ2v) is 5.63. The van der Waals surface area contributed by atoms with Gasteiger partial charge in [-0.25, -0.2) is 4.21 Å². The Labute approximate surface area is 107 Å². The molecule has 2 nitrogen and oxygen atoms in total. The van der Waals surface area contributed by atoms with Crippen LogP contribution in [0, 0.1) is 6.92 Å². The normalized spacial score (nSPS) is 13.6. The number of rotatable bonds is 3. The van der Waals surface area contributed by atoms with Gasteiger partial charge < -0.3 is 4.42 Å². The van der Waals surface area contributed by atoms with Gasteiger partial charge in [0.2, 0.25) is 0 Å². The summed E-state index contributed by atoms with van der Waals surface area (Å²) in [4.78, 5) is 0.684. The molecule has 2 rings (SSSR count). The van der Waals surface area contributed by atoms with Crippen molar-refractivity contribution in [3.63, 3.8) is 0 Å². The summed E-state index contributed by atoms with van der Waals surface area (Å²) in [5.41, 5.74) is 1.12. The molecule has 0 radical (unpaired) electrons. The minimum Gasteiger partial charge on any atom is -0.465 e. The van der Waals surface area contributed by atoms with Gasteiger partial charge in [-0.05, 0) is 31.2 Å². The minimum atomic E-state index is -1.35. The fourth-order valence-electron chi connectivity index (χ4n) is 1.31. The molecule has 0 aliphatic carbocycles. The van der Waals surface area contributed by atoms with Crippen LogP contribution in [0.25, 0.3) is 6.08 Å². The van der Waals surface area contributed by atoms with Crippen molar-refractivity contribution in [2.24, 2.45) is 0 Å². The summed E-state index contributed by atoms with van der Waals surface area (Å²) in [5.74, 6) is 0.593. The molecule has 0 aliphatic heterocycles. The fourth-order valence-corrected chi connectivity index (χ4v) is 2.52. The summed E-state index contributed by atoms with van der Waals surface area (Å²) >= 11 is 6.00. The average Bonchev–Trinajstić information content (AvgIpc) is 2.82. The highest BCUT2D eigenvalue weighted by molar-refractivity contribution is 7.91. The van der Waals surface area contributed by atoms with E-state index in [0.29, 0.717) is 10.7 Å². The molecular weight excluding hydrogens is 256 g/mol. The highest BCUT2D eigenvalue weighted by Gasteiger charge is 2.08. The Bertz CT molecular complexity index is 541. The van der Waals surface area contributed by atoms with Gasteiger partial charge in [0.15, 0.2) is 0 Å². The van der Waals surface area contributed by atoms with E-state index in [4.69, 9.17) is 16.0 Å². The number of halogens is 1. The predicted octanol–water partition coefficient (Wildman–Crippen LogP) is 3.93. The zero-order valence-electron chi connectivity index (χ0n) is 9.22. The molecule has 1 unspecified atom stereocenters. The second-order valence-electron chi connectivity index (χ2n) is 3.55. The molecule has 88 valence electrons. The number of aryl methyl sites for hydroxylation is 1. The largest absolute Gasteiger partial charge is 0.465 e. The lowest BCUT2D eigenvalue weighted by atomic mass is 10.2. The summed E-state index contributed by atoms with van der Waals surface area (Å²) in [6.45, 7) is 1.98. The van der Waals surface area contributed by atoms with E-state index >= 15 is 0 Å². The Kier molecular flexibility index (Phi) is 3.82. The first-order chi connectivity index (χ1) is 8.16. The quantitative estimate of drug-likeness (QED) is 0.842. The Morgan fingerprint density at radius 3 is 2.59 bits per heavy atom.